The summed E-state index contributed by atoms with van der Waals surface area (Å²) in [6, 6.07) is 23.3. The summed E-state index contributed by atoms with van der Waals surface area (Å²) < 4.78 is 5.16. The Morgan fingerprint density at radius 1 is 1.00 bits per heavy atom. The lowest BCUT2D eigenvalue weighted by Gasteiger charge is -2.40. The minimum atomic E-state index is -0.766. The molecule has 1 aromatic heterocycles. The molecular weight excluding hydrogens is 416 g/mol. The molecule has 2 heterocycles. The van der Waals surface area contributed by atoms with E-state index in [9.17, 15) is 9.59 Å². The number of amides is 2. The van der Waals surface area contributed by atoms with E-state index in [0.717, 1.165) is 22.4 Å². The van der Waals surface area contributed by atoms with Crippen molar-refractivity contribution in [2.75, 3.05) is 20.2 Å². The van der Waals surface area contributed by atoms with Gasteiger partial charge in [0.2, 0.25) is 5.91 Å². The summed E-state index contributed by atoms with van der Waals surface area (Å²) in [5.74, 6) is 1.26. The van der Waals surface area contributed by atoms with E-state index in [-0.39, 0.29) is 17.7 Å². The number of aromatic nitrogens is 2. The number of aromatic amines is 1. The van der Waals surface area contributed by atoms with Crippen molar-refractivity contribution in [1.29, 1.82) is 0 Å². The number of fused-ring (bicyclic) bond motifs is 1. The minimum absolute atomic E-state index is 0.129. The largest absolute Gasteiger partial charge is 0.497 e. The monoisotopic (exact) mass is 440 g/mol. The molecule has 166 valence electrons. The van der Waals surface area contributed by atoms with Gasteiger partial charge in [-0.05, 0) is 42.0 Å². The fraction of sp³-hybridized carbons (Fsp3) is 0.192. The summed E-state index contributed by atoms with van der Waals surface area (Å²) in [5, 5.41) is 2.92. The zero-order chi connectivity index (χ0) is 22.8. The normalized spacial score (nSPS) is 14.5. The molecular formula is C26H24N4O3. The van der Waals surface area contributed by atoms with E-state index in [2.05, 4.69) is 15.3 Å². The number of hydrogen-bond donors (Lipinski definition) is 2. The zero-order valence-corrected chi connectivity index (χ0v) is 18.2. The molecule has 4 aromatic rings. The number of rotatable bonds is 6. The highest BCUT2D eigenvalue weighted by atomic mass is 16.5. The summed E-state index contributed by atoms with van der Waals surface area (Å²) in [7, 11) is 1.57. The van der Waals surface area contributed by atoms with Crippen LogP contribution >= 0.6 is 0 Å². The van der Waals surface area contributed by atoms with E-state index >= 15 is 0 Å². The fourth-order valence-corrected chi connectivity index (χ4v) is 4.07. The number of H-pyrrole nitrogens is 1. The van der Waals surface area contributed by atoms with Crippen molar-refractivity contribution in [2.45, 2.75) is 12.0 Å². The van der Waals surface area contributed by atoms with Crippen LogP contribution < -0.4 is 10.1 Å². The molecule has 1 unspecified atom stereocenters. The van der Waals surface area contributed by atoms with Gasteiger partial charge in [-0.1, -0.05) is 42.5 Å². The molecule has 33 heavy (non-hydrogen) atoms. The number of ether oxygens (including phenoxy) is 1. The molecule has 0 spiro atoms. The fourth-order valence-electron chi connectivity index (χ4n) is 4.07. The molecule has 3 aromatic carbocycles. The quantitative estimate of drug-likeness (QED) is 0.479. The smallest absolute Gasteiger partial charge is 0.252 e. The third-order valence-electron chi connectivity index (χ3n) is 6.00. The summed E-state index contributed by atoms with van der Waals surface area (Å²) in [5.41, 5.74) is 3.13. The molecule has 1 atom stereocenters. The Morgan fingerprint density at radius 2 is 1.70 bits per heavy atom. The van der Waals surface area contributed by atoms with Gasteiger partial charge in [0.1, 0.15) is 17.6 Å². The lowest BCUT2D eigenvalue weighted by Crippen LogP contribution is -2.53. The SMILES string of the molecule is COc1ccc(C(=O)NC(C(=O)N2CC(c3nc4ccccc4[nH]3)C2)c2ccccc2)cc1. The Morgan fingerprint density at radius 3 is 2.39 bits per heavy atom. The molecule has 0 radical (unpaired) electrons. The van der Waals surface area contributed by atoms with Crippen LogP contribution in [-0.2, 0) is 4.79 Å². The van der Waals surface area contributed by atoms with Crippen LogP contribution in [-0.4, -0.2) is 46.9 Å². The maximum absolute atomic E-state index is 13.4. The van der Waals surface area contributed by atoms with E-state index in [4.69, 9.17) is 4.74 Å². The first kappa shape index (κ1) is 20.8. The van der Waals surface area contributed by atoms with Crippen molar-refractivity contribution < 1.29 is 14.3 Å². The minimum Gasteiger partial charge on any atom is -0.497 e. The van der Waals surface area contributed by atoms with Gasteiger partial charge in [0, 0.05) is 18.7 Å². The van der Waals surface area contributed by atoms with Crippen molar-refractivity contribution in [2.24, 2.45) is 0 Å². The van der Waals surface area contributed by atoms with Gasteiger partial charge < -0.3 is 19.9 Å². The van der Waals surface area contributed by atoms with Gasteiger partial charge in [-0.3, -0.25) is 9.59 Å². The van der Waals surface area contributed by atoms with Crippen molar-refractivity contribution in [3.63, 3.8) is 0 Å². The molecule has 7 nitrogen and oxygen atoms in total. The number of methoxy groups -OCH3 is 1. The van der Waals surface area contributed by atoms with Crippen LogP contribution in [0.3, 0.4) is 0 Å². The Balaban J connectivity index is 1.31. The van der Waals surface area contributed by atoms with Gasteiger partial charge in [0.15, 0.2) is 0 Å². The summed E-state index contributed by atoms with van der Waals surface area (Å²) in [6.45, 7) is 1.11. The highest BCUT2D eigenvalue weighted by Crippen LogP contribution is 2.29. The maximum atomic E-state index is 13.4. The number of para-hydroxylation sites is 2. The number of benzene rings is 3. The molecule has 0 saturated carbocycles. The molecule has 2 amide bonds. The first-order valence-corrected chi connectivity index (χ1v) is 10.9. The molecule has 0 bridgehead atoms. The third kappa shape index (κ3) is 4.17. The Bertz CT molecular complexity index is 1240. The van der Waals surface area contributed by atoms with Gasteiger partial charge in [-0.2, -0.15) is 0 Å². The average molecular weight is 441 g/mol. The van der Waals surface area contributed by atoms with Crippen LogP contribution in [0, 0.1) is 0 Å². The Kier molecular flexibility index (Phi) is 5.52. The van der Waals surface area contributed by atoms with Crippen LogP contribution in [0.15, 0.2) is 78.9 Å². The number of likely N-dealkylation sites (tertiary alicyclic amines) is 1. The Hall–Kier alpha value is -4.13. The molecule has 1 saturated heterocycles. The lowest BCUT2D eigenvalue weighted by molar-refractivity contribution is -0.138. The van der Waals surface area contributed by atoms with Crippen LogP contribution in [0.4, 0.5) is 0 Å². The predicted molar refractivity (Wildman–Crippen MR) is 125 cm³/mol. The van der Waals surface area contributed by atoms with Crippen molar-refractivity contribution in [1.82, 2.24) is 20.2 Å². The highest BCUT2D eigenvalue weighted by Gasteiger charge is 2.38. The number of carbonyl (C=O) groups excluding carboxylic acids is 2. The molecule has 2 N–H and O–H groups in total. The van der Waals surface area contributed by atoms with E-state index in [1.807, 2.05) is 54.6 Å². The topological polar surface area (TPSA) is 87.3 Å². The summed E-state index contributed by atoms with van der Waals surface area (Å²) >= 11 is 0. The predicted octanol–water partition coefficient (Wildman–Crippen LogP) is 3.67. The van der Waals surface area contributed by atoms with Gasteiger partial charge >= 0.3 is 0 Å². The third-order valence-corrected chi connectivity index (χ3v) is 6.00. The second kappa shape index (κ2) is 8.78. The van der Waals surface area contributed by atoms with Crippen molar-refractivity contribution in [3.05, 3.63) is 95.8 Å². The lowest BCUT2D eigenvalue weighted by atomic mass is 9.96. The van der Waals surface area contributed by atoms with Crippen molar-refractivity contribution >= 4 is 22.8 Å². The maximum Gasteiger partial charge on any atom is 0.252 e. The summed E-state index contributed by atoms with van der Waals surface area (Å²) in [6.07, 6.45) is 0. The first-order chi connectivity index (χ1) is 16.1. The second-order valence-electron chi connectivity index (χ2n) is 8.12. The van der Waals surface area contributed by atoms with Crippen LogP contribution in [0.5, 0.6) is 5.75 Å². The van der Waals surface area contributed by atoms with Crippen LogP contribution in [0.25, 0.3) is 11.0 Å². The first-order valence-electron chi connectivity index (χ1n) is 10.9. The zero-order valence-electron chi connectivity index (χ0n) is 18.2. The van der Waals surface area contributed by atoms with Crippen LogP contribution in [0.1, 0.15) is 33.7 Å². The average Bonchev–Trinajstić information content (AvgIpc) is 3.25. The Labute approximate surface area is 191 Å². The van der Waals surface area contributed by atoms with Gasteiger partial charge in [0.25, 0.3) is 5.91 Å². The standard InChI is InChI=1S/C26H24N4O3/c1-33-20-13-11-18(12-14-20)25(31)29-23(17-7-3-2-4-8-17)26(32)30-15-19(16-30)24-27-21-9-5-6-10-22(21)28-24/h2-14,19,23H,15-16H2,1H3,(H,27,28)(H,29,31). The number of hydrogen-bond acceptors (Lipinski definition) is 4. The number of imidazole rings is 1. The second-order valence-corrected chi connectivity index (χ2v) is 8.12. The molecule has 1 aliphatic heterocycles. The van der Waals surface area contributed by atoms with E-state index in [1.165, 1.54) is 0 Å². The van der Waals surface area contributed by atoms with Gasteiger partial charge in [-0.15, -0.1) is 0 Å². The molecule has 7 heteroatoms. The molecule has 1 aliphatic rings. The number of nitrogens with one attached hydrogen (secondary N) is 2. The van der Waals surface area contributed by atoms with E-state index in [1.54, 1.807) is 36.3 Å². The number of nitrogens with zero attached hydrogens (tertiary/aromatic N) is 2. The molecule has 5 rings (SSSR count). The van der Waals surface area contributed by atoms with Gasteiger partial charge in [0.05, 0.1) is 24.1 Å². The van der Waals surface area contributed by atoms with E-state index in [0.29, 0.717) is 24.4 Å². The van der Waals surface area contributed by atoms with Crippen molar-refractivity contribution in [3.8, 4) is 5.75 Å². The van der Waals surface area contributed by atoms with Gasteiger partial charge in [-0.25, -0.2) is 4.98 Å². The van der Waals surface area contributed by atoms with E-state index < -0.39 is 6.04 Å². The summed E-state index contributed by atoms with van der Waals surface area (Å²) in [4.78, 5) is 36.1. The molecule has 0 aliphatic carbocycles. The molecule has 1 fully saturated rings. The van der Waals surface area contributed by atoms with Crippen LogP contribution in [0.2, 0.25) is 0 Å². The highest BCUT2D eigenvalue weighted by molar-refractivity contribution is 5.98. The number of carbonyl (C=O) groups is 2.